The summed E-state index contributed by atoms with van der Waals surface area (Å²) in [7, 11) is 0. The van der Waals surface area contributed by atoms with Gasteiger partial charge in [-0.1, -0.05) is 6.07 Å². The third-order valence-electron chi connectivity index (χ3n) is 4.36. The van der Waals surface area contributed by atoms with Gasteiger partial charge in [0.05, 0.1) is 30.3 Å². The number of hydrogen-bond acceptors (Lipinski definition) is 5. The number of ether oxygens (including phenoxy) is 1. The maximum absolute atomic E-state index is 12.4. The number of pyridine rings is 1. The van der Waals surface area contributed by atoms with E-state index in [1.807, 2.05) is 18.2 Å². The summed E-state index contributed by atoms with van der Waals surface area (Å²) >= 11 is 0. The minimum absolute atomic E-state index is 0.114. The standard InChI is InChI=1S/C20H21N3O4/c1-2-27-20(26)14-6-8-17(9-7-14)23-13-15(11-18(23)24)19(25)22-12-16-5-3-4-10-21-16/h3-10,15H,2,11-13H2,1H3,(H,22,25)/t15-/m1/s1. The zero-order chi connectivity index (χ0) is 19.2. The van der Waals surface area contributed by atoms with Crippen LogP contribution in [-0.4, -0.2) is 35.9 Å². The maximum atomic E-state index is 12.4. The second-order valence-electron chi connectivity index (χ2n) is 6.21. The van der Waals surface area contributed by atoms with Gasteiger partial charge in [-0.05, 0) is 43.3 Å². The largest absolute Gasteiger partial charge is 0.462 e. The van der Waals surface area contributed by atoms with E-state index in [2.05, 4.69) is 10.3 Å². The van der Waals surface area contributed by atoms with E-state index in [9.17, 15) is 14.4 Å². The monoisotopic (exact) mass is 367 g/mol. The molecule has 1 atom stereocenters. The van der Waals surface area contributed by atoms with Crippen LogP contribution in [0.3, 0.4) is 0 Å². The van der Waals surface area contributed by atoms with Gasteiger partial charge in [-0.25, -0.2) is 4.79 Å². The van der Waals surface area contributed by atoms with Crippen molar-refractivity contribution in [2.45, 2.75) is 19.9 Å². The SMILES string of the molecule is CCOC(=O)c1ccc(N2C[C@H](C(=O)NCc3ccccn3)CC2=O)cc1. The van der Waals surface area contributed by atoms with E-state index in [0.29, 0.717) is 30.9 Å². The van der Waals surface area contributed by atoms with Crippen molar-refractivity contribution in [2.75, 3.05) is 18.1 Å². The molecule has 140 valence electrons. The zero-order valence-electron chi connectivity index (χ0n) is 15.1. The van der Waals surface area contributed by atoms with Gasteiger partial charge in [0, 0.05) is 24.8 Å². The molecule has 27 heavy (non-hydrogen) atoms. The molecule has 7 heteroatoms. The Morgan fingerprint density at radius 3 is 2.67 bits per heavy atom. The van der Waals surface area contributed by atoms with Gasteiger partial charge in [0.25, 0.3) is 0 Å². The topological polar surface area (TPSA) is 88.6 Å². The summed E-state index contributed by atoms with van der Waals surface area (Å²) in [5.41, 5.74) is 1.85. The number of benzene rings is 1. The molecule has 1 aliphatic heterocycles. The van der Waals surface area contributed by atoms with Gasteiger partial charge in [0.15, 0.2) is 0 Å². The molecule has 2 amide bonds. The predicted octanol–water partition coefficient (Wildman–Crippen LogP) is 1.93. The molecule has 0 saturated carbocycles. The Labute approximate surface area is 157 Å². The summed E-state index contributed by atoms with van der Waals surface area (Å²) in [4.78, 5) is 42.1. The number of amides is 2. The Kier molecular flexibility index (Phi) is 5.80. The first-order valence-corrected chi connectivity index (χ1v) is 8.83. The van der Waals surface area contributed by atoms with Crippen molar-refractivity contribution >= 4 is 23.5 Å². The maximum Gasteiger partial charge on any atom is 0.338 e. The summed E-state index contributed by atoms with van der Waals surface area (Å²) in [5, 5.41) is 2.83. The van der Waals surface area contributed by atoms with Crippen LogP contribution in [0.1, 0.15) is 29.4 Å². The number of aromatic nitrogens is 1. The number of rotatable bonds is 6. The van der Waals surface area contributed by atoms with E-state index >= 15 is 0 Å². The minimum atomic E-state index is -0.411. The highest BCUT2D eigenvalue weighted by atomic mass is 16.5. The van der Waals surface area contributed by atoms with Gasteiger partial charge in [-0.3, -0.25) is 14.6 Å². The number of nitrogens with one attached hydrogen (secondary N) is 1. The van der Waals surface area contributed by atoms with Gasteiger partial charge >= 0.3 is 5.97 Å². The van der Waals surface area contributed by atoms with E-state index in [4.69, 9.17) is 4.74 Å². The molecule has 7 nitrogen and oxygen atoms in total. The van der Waals surface area contributed by atoms with Crippen LogP contribution < -0.4 is 10.2 Å². The Balaban J connectivity index is 1.59. The van der Waals surface area contributed by atoms with E-state index in [-0.39, 0.29) is 18.2 Å². The van der Waals surface area contributed by atoms with Crippen LogP contribution in [-0.2, 0) is 20.9 Å². The summed E-state index contributed by atoms with van der Waals surface area (Å²) in [5.74, 6) is -1.09. The predicted molar refractivity (Wildman–Crippen MR) is 98.9 cm³/mol. The average Bonchev–Trinajstić information content (AvgIpc) is 3.09. The normalized spacial score (nSPS) is 16.3. The lowest BCUT2D eigenvalue weighted by atomic mass is 10.1. The third-order valence-corrected chi connectivity index (χ3v) is 4.36. The summed E-state index contributed by atoms with van der Waals surface area (Å²) in [6, 6.07) is 12.1. The lowest BCUT2D eigenvalue weighted by molar-refractivity contribution is -0.126. The van der Waals surface area contributed by atoms with Crippen LogP contribution in [0.15, 0.2) is 48.7 Å². The van der Waals surface area contributed by atoms with Crippen LogP contribution in [0.25, 0.3) is 0 Å². The molecule has 2 heterocycles. The molecule has 1 saturated heterocycles. The fraction of sp³-hybridized carbons (Fsp3) is 0.300. The summed E-state index contributed by atoms with van der Waals surface area (Å²) in [6.45, 7) is 2.69. The fourth-order valence-electron chi connectivity index (χ4n) is 2.95. The minimum Gasteiger partial charge on any atom is -0.462 e. The van der Waals surface area contributed by atoms with Crippen LogP contribution in [0.5, 0.6) is 0 Å². The molecule has 0 aliphatic carbocycles. The van der Waals surface area contributed by atoms with Crippen LogP contribution >= 0.6 is 0 Å². The lowest BCUT2D eigenvalue weighted by Gasteiger charge is -2.17. The number of carbonyl (C=O) groups is 3. The van der Waals surface area contributed by atoms with Crippen LogP contribution in [0.2, 0.25) is 0 Å². The third kappa shape index (κ3) is 4.49. The molecule has 3 rings (SSSR count). The molecule has 0 radical (unpaired) electrons. The molecule has 1 fully saturated rings. The molecular formula is C20H21N3O4. The van der Waals surface area contributed by atoms with Gasteiger partial charge in [-0.2, -0.15) is 0 Å². The Morgan fingerprint density at radius 2 is 2.00 bits per heavy atom. The van der Waals surface area contributed by atoms with E-state index < -0.39 is 11.9 Å². The first kappa shape index (κ1) is 18.6. The molecule has 1 N–H and O–H groups in total. The number of nitrogens with zero attached hydrogens (tertiary/aromatic N) is 2. The number of carbonyl (C=O) groups excluding carboxylic acids is 3. The number of anilines is 1. The Bertz CT molecular complexity index is 821. The smallest absolute Gasteiger partial charge is 0.338 e. The van der Waals surface area contributed by atoms with Crippen molar-refractivity contribution in [1.82, 2.24) is 10.3 Å². The van der Waals surface area contributed by atoms with Crippen LogP contribution in [0, 0.1) is 5.92 Å². The second-order valence-corrected chi connectivity index (χ2v) is 6.21. The first-order valence-electron chi connectivity index (χ1n) is 8.83. The zero-order valence-corrected chi connectivity index (χ0v) is 15.1. The fourth-order valence-corrected chi connectivity index (χ4v) is 2.95. The van der Waals surface area contributed by atoms with Crippen molar-refractivity contribution in [3.8, 4) is 0 Å². The first-order chi connectivity index (χ1) is 13.1. The van der Waals surface area contributed by atoms with Crippen molar-refractivity contribution in [1.29, 1.82) is 0 Å². The Morgan fingerprint density at radius 1 is 1.22 bits per heavy atom. The lowest BCUT2D eigenvalue weighted by Crippen LogP contribution is -2.32. The molecule has 0 spiro atoms. The van der Waals surface area contributed by atoms with Crippen molar-refractivity contribution < 1.29 is 19.1 Å². The molecule has 1 aliphatic rings. The summed E-state index contributed by atoms with van der Waals surface area (Å²) in [6.07, 6.45) is 1.83. The van der Waals surface area contributed by atoms with Crippen molar-refractivity contribution in [3.05, 3.63) is 59.9 Å². The van der Waals surface area contributed by atoms with Crippen LogP contribution in [0.4, 0.5) is 5.69 Å². The van der Waals surface area contributed by atoms with Crippen molar-refractivity contribution in [3.63, 3.8) is 0 Å². The van der Waals surface area contributed by atoms with Gasteiger partial charge < -0.3 is 15.0 Å². The van der Waals surface area contributed by atoms with Crippen molar-refractivity contribution in [2.24, 2.45) is 5.92 Å². The Hall–Kier alpha value is -3.22. The highest BCUT2D eigenvalue weighted by Gasteiger charge is 2.35. The van der Waals surface area contributed by atoms with Gasteiger partial charge in [0.1, 0.15) is 0 Å². The highest BCUT2D eigenvalue weighted by Crippen LogP contribution is 2.25. The van der Waals surface area contributed by atoms with E-state index in [1.165, 1.54) is 0 Å². The highest BCUT2D eigenvalue weighted by molar-refractivity contribution is 6.00. The number of esters is 1. The van der Waals surface area contributed by atoms with E-state index in [1.54, 1.807) is 42.3 Å². The quantitative estimate of drug-likeness (QED) is 0.788. The average molecular weight is 367 g/mol. The second kappa shape index (κ2) is 8.44. The van der Waals surface area contributed by atoms with Gasteiger partial charge in [0.2, 0.25) is 11.8 Å². The number of hydrogen-bond donors (Lipinski definition) is 1. The van der Waals surface area contributed by atoms with E-state index in [0.717, 1.165) is 5.69 Å². The molecule has 0 unspecified atom stereocenters. The van der Waals surface area contributed by atoms with Gasteiger partial charge in [-0.15, -0.1) is 0 Å². The molecule has 2 aromatic rings. The molecule has 0 bridgehead atoms. The summed E-state index contributed by atoms with van der Waals surface area (Å²) < 4.78 is 4.95. The molecule has 1 aromatic carbocycles. The molecular weight excluding hydrogens is 346 g/mol. The molecule has 1 aromatic heterocycles.